The summed E-state index contributed by atoms with van der Waals surface area (Å²) in [7, 11) is 1.56. The van der Waals surface area contributed by atoms with Crippen molar-refractivity contribution < 1.29 is 92.5 Å². The third-order valence-electron chi connectivity index (χ3n) is 5.09. The molecule has 0 amide bonds. The molecule has 0 aromatic heterocycles. The zero-order valence-corrected chi connectivity index (χ0v) is 25.6. The molecule has 11 heteroatoms. The Morgan fingerprint density at radius 2 is 1.71 bits per heavy atom. The number of nitrogens with zero attached hydrogens (tertiary/aromatic N) is 1. The number of benzene rings is 3. The molecule has 0 atom stereocenters. The van der Waals surface area contributed by atoms with Crippen LogP contribution in [0.15, 0.2) is 65.7 Å². The molecule has 0 spiro atoms. The van der Waals surface area contributed by atoms with Crippen molar-refractivity contribution in [2.24, 2.45) is 4.99 Å². The van der Waals surface area contributed by atoms with Gasteiger partial charge in [0.2, 0.25) is 0 Å². The summed E-state index contributed by atoms with van der Waals surface area (Å²) in [5.74, 6) is -2.10. The van der Waals surface area contributed by atoms with E-state index in [1.807, 2.05) is 18.2 Å². The number of carboxylic acid groups (broad SMARTS) is 1. The van der Waals surface area contributed by atoms with Gasteiger partial charge in [0.1, 0.15) is 11.6 Å². The second kappa shape index (κ2) is 18.0. The van der Waals surface area contributed by atoms with Crippen molar-refractivity contribution in [2.75, 3.05) is 13.7 Å². The van der Waals surface area contributed by atoms with Gasteiger partial charge >= 0.3 is 59.1 Å². The van der Waals surface area contributed by atoms with E-state index in [9.17, 15) is 23.9 Å². The standard InChI is InChI=1S/C27H22FNO6.H3N.2Na/c1-34-22-4-2-3-19(15-22)7-10-21(31)16-29-25-12-11-24(28)26(23(25)17-30)35-14-13-18-5-8-20(9-6-18)27(32)33;;;/h2-6,8-9,11-12,15H,7,10,13-14H2,1H3,(H,32,33);1H3;;/q-2;;2*+1/p-1. The van der Waals surface area contributed by atoms with E-state index in [0.29, 0.717) is 18.6 Å². The number of ketones is 1. The van der Waals surface area contributed by atoms with E-state index in [1.54, 1.807) is 31.6 Å². The molecule has 3 rings (SSSR count). The van der Waals surface area contributed by atoms with Crippen LogP contribution in [0.4, 0.5) is 10.1 Å². The maximum absolute atomic E-state index is 14.3. The predicted molar refractivity (Wildman–Crippen MR) is 130 cm³/mol. The van der Waals surface area contributed by atoms with Gasteiger partial charge in [0, 0.05) is 6.42 Å². The Morgan fingerprint density at radius 1 is 1.00 bits per heavy atom. The Labute approximate surface area is 264 Å². The summed E-state index contributed by atoms with van der Waals surface area (Å²) in [5.41, 5.74) is 1.44. The fourth-order valence-corrected chi connectivity index (χ4v) is 3.22. The molecule has 0 unspecified atom stereocenters. The third-order valence-corrected chi connectivity index (χ3v) is 5.09. The van der Waals surface area contributed by atoms with Crippen molar-refractivity contribution in [1.82, 2.24) is 6.15 Å². The number of ether oxygens (including phenoxy) is 2. The molecule has 0 aliphatic carbocycles. The number of carbonyl (C=O) groups excluding carboxylic acids is 3. The Morgan fingerprint density at radius 3 is 2.34 bits per heavy atom. The molecule has 0 radical (unpaired) electrons. The van der Waals surface area contributed by atoms with Crippen molar-refractivity contribution in [3.63, 3.8) is 0 Å². The van der Waals surface area contributed by atoms with Crippen LogP contribution in [0.5, 0.6) is 11.5 Å². The number of aryl methyl sites for hydroxylation is 1. The molecule has 3 aromatic carbocycles. The van der Waals surface area contributed by atoms with Crippen molar-refractivity contribution >= 4 is 29.9 Å². The van der Waals surface area contributed by atoms with Gasteiger partial charge in [0.25, 0.3) is 0 Å². The smallest absolute Gasteiger partial charge is 0.547 e. The van der Waals surface area contributed by atoms with Crippen LogP contribution in [-0.4, -0.2) is 38.0 Å². The van der Waals surface area contributed by atoms with E-state index in [0.717, 1.165) is 17.2 Å². The van der Waals surface area contributed by atoms with Gasteiger partial charge in [-0.15, -0.1) is 0 Å². The first kappa shape index (κ1) is 35.6. The van der Waals surface area contributed by atoms with Gasteiger partial charge in [0.05, 0.1) is 37.5 Å². The number of Topliss-reactive ketones (excluding diaryl/α,β-unsaturated/α-hetero) is 1. The minimum Gasteiger partial charge on any atom is -0.547 e. The van der Waals surface area contributed by atoms with E-state index < -0.39 is 17.6 Å². The van der Waals surface area contributed by atoms with Crippen LogP contribution in [0.3, 0.4) is 0 Å². The summed E-state index contributed by atoms with van der Waals surface area (Å²) < 4.78 is 25.0. The number of methoxy groups -OCH3 is 1. The number of rotatable bonds is 12. The van der Waals surface area contributed by atoms with Crippen molar-refractivity contribution in [1.29, 1.82) is 0 Å². The number of halogens is 1. The first-order chi connectivity index (χ1) is 16.9. The quantitative estimate of drug-likeness (QED) is 0.150. The average Bonchev–Trinajstić information content (AvgIpc) is 2.87. The molecule has 0 aliphatic heterocycles. The molecule has 0 heterocycles. The normalized spacial score (nSPS) is 9.95. The molecule has 8 nitrogen and oxygen atoms in total. The molecule has 188 valence electrons. The van der Waals surface area contributed by atoms with Gasteiger partial charge in [-0.1, -0.05) is 59.9 Å². The Hall–Kier alpha value is -2.37. The van der Waals surface area contributed by atoms with Gasteiger partial charge in [-0.3, -0.25) is 0 Å². The van der Waals surface area contributed by atoms with E-state index in [-0.39, 0.29) is 101 Å². The second-order valence-electron chi connectivity index (χ2n) is 7.45. The molecular formula is C27H24FN2Na2O6-. The number of hydrogen-bond acceptors (Lipinski definition) is 8. The van der Waals surface area contributed by atoms with Gasteiger partial charge < -0.3 is 40.1 Å². The van der Waals surface area contributed by atoms with E-state index in [2.05, 4.69) is 11.2 Å². The van der Waals surface area contributed by atoms with Crippen molar-refractivity contribution in [3.05, 3.63) is 88.7 Å². The first-order valence-corrected chi connectivity index (χ1v) is 10.7. The summed E-state index contributed by atoms with van der Waals surface area (Å²) in [4.78, 5) is 38.5. The number of carbonyl (C=O) groups is 2. The summed E-state index contributed by atoms with van der Waals surface area (Å²) in [6.07, 6.45) is 4.90. The van der Waals surface area contributed by atoms with E-state index >= 15 is 0 Å². The topological polar surface area (TPSA) is 140 Å². The van der Waals surface area contributed by atoms with Crippen LogP contribution >= 0.6 is 0 Å². The molecule has 0 saturated heterocycles. The minimum absolute atomic E-state index is 0. The van der Waals surface area contributed by atoms with Crippen LogP contribution in [0, 0.1) is 5.82 Å². The summed E-state index contributed by atoms with van der Waals surface area (Å²) >= 11 is 0. The first-order valence-electron chi connectivity index (χ1n) is 10.7. The summed E-state index contributed by atoms with van der Waals surface area (Å²) in [6, 6.07) is 15.6. The number of hydrogen-bond donors (Lipinski definition) is 1. The number of aliphatic imine (C=N–C) groups is 1. The predicted octanol–water partition coefficient (Wildman–Crippen LogP) is -2.77. The molecule has 0 aliphatic rings. The maximum Gasteiger partial charge on any atom is 1.00 e. The maximum atomic E-state index is 14.3. The monoisotopic (exact) mass is 537 g/mol. The molecule has 3 aromatic rings. The Bertz CT molecular complexity index is 1250. The van der Waals surface area contributed by atoms with E-state index in [1.165, 1.54) is 18.2 Å². The largest absolute Gasteiger partial charge is 1.00 e. The van der Waals surface area contributed by atoms with Crippen LogP contribution in [0.1, 0.15) is 33.5 Å². The Kier molecular flexibility index (Phi) is 16.9. The summed E-state index contributed by atoms with van der Waals surface area (Å²) in [6.45, 7) is 0.00657. The minimum atomic E-state index is -1.28. The third kappa shape index (κ3) is 10.4. The van der Waals surface area contributed by atoms with Crippen molar-refractivity contribution in [2.45, 2.75) is 19.3 Å². The zero-order chi connectivity index (χ0) is 25.2. The van der Waals surface area contributed by atoms with Crippen LogP contribution < -0.4 is 79.8 Å². The average molecular weight is 537 g/mol. The van der Waals surface area contributed by atoms with Gasteiger partial charge in [-0.05, 0) is 47.7 Å². The molecular weight excluding hydrogens is 513 g/mol. The van der Waals surface area contributed by atoms with E-state index in [4.69, 9.17) is 9.47 Å². The summed E-state index contributed by atoms with van der Waals surface area (Å²) in [5, 5.41) is 10.8. The molecule has 0 bridgehead atoms. The second-order valence-corrected chi connectivity index (χ2v) is 7.45. The molecule has 38 heavy (non-hydrogen) atoms. The SMILES string of the molecule is COc1cccc(CCC(=O)[C-]=Nc2ccc(F)c(OCCc3ccc(C(=O)[O-])cc3)c2[C-]=O)c1.N.[Na+].[Na+]. The molecule has 0 saturated carbocycles. The fraction of sp³-hybridized carbons (Fsp3) is 0.185. The van der Waals surface area contributed by atoms with Gasteiger partial charge in [0.15, 0.2) is 0 Å². The molecule has 3 N–H and O–H groups in total. The van der Waals surface area contributed by atoms with Crippen LogP contribution in [-0.2, 0) is 22.4 Å². The Balaban J connectivity index is 0.00000456. The van der Waals surface area contributed by atoms with Crippen molar-refractivity contribution in [3.8, 4) is 11.5 Å². The van der Waals surface area contributed by atoms with Gasteiger partial charge in [-0.25, -0.2) is 4.39 Å². The molecule has 0 fully saturated rings. The van der Waals surface area contributed by atoms with Crippen LogP contribution in [0.2, 0.25) is 0 Å². The number of aromatic carboxylic acids is 1. The van der Waals surface area contributed by atoms with Crippen LogP contribution in [0.25, 0.3) is 0 Å². The zero-order valence-electron chi connectivity index (χ0n) is 21.6. The fourth-order valence-electron chi connectivity index (χ4n) is 3.22. The van der Waals surface area contributed by atoms with Gasteiger partial charge in [-0.2, -0.15) is 0 Å². The number of carboxylic acids is 1.